The van der Waals surface area contributed by atoms with Crippen molar-refractivity contribution in [1.29, 1.82) is 0 Å². The third kappa shape index (κ3) is 3.10. The summed E-state index contributed by atoms with van der Waals surface area (Å²) in [5.41, 5.74) is 0.945. The minimum absolute atomic E-state index is 0.0247. The van der Waals surface area contributed by atoms with Crippen molar-refractivity contribution < 1.29 is 4.39 Å². The smallest absolute Gasteiger partial charge is 0.244 e. The Morgan fingerprint density at radius 2 is 2.00 bits per heavy atom. The Morgan fingerprint density at radius 3 is 2.65 bits per heavy atom. The maximum absolute atomic E-state index is 12.8. The van der Waals surface area contributed by atoms with E-state index in [2.05, 4.69) is 20.5 Å². The number of hydrogen-bond acceptors (Lipinski definition) is 4. The van der Waals surface area contributed by atoms with E-state index in [9.17, 15) is 4.39 Å². The van der Waals surface area contributed by atoms with E-state index in [1.165, 1.54) is 18.3 Å². The first-order valence-electron chi connectivity index (χ1n) is 5.02. The molecule has 1 aromatic heterocycles. The zero-order chi connectivity index (χ0) is 12.3. The number of rotatable bonds is 3. The summed E-state index contributed by atoms with van der Waals surface area (Å²) >= 11 is 5.62. The predicted molar refractivity (Wildman–Crippen MR) is 63.3 cm³/mol. The van der Waals surface area contributed by atoms with Crippen LogP contribution in [0.3, 0.4) is 0 Å². The van der Waals surface area contributed by atoms with Crippen LogP contribution in [-0.4, -0.2) is 15.2 Å². The second-order valence-corrected chi connectivity index (χ2v) is 3.87. The minimum Gasteiger partial charge on any atom is -0.362 e. The predicted octanol–water partition coefficient (Wildman–Crippen LogP) is 2.84. The highest BCUT2D eigenvalue weighted by atomic mass is 35.5. The first-order valence-corrected chi connectivity index (χ1v) is 5.40. The largest absolute Gasteiger partial charge is 0.362 e. The number of nitrogens with one attached hydrogen (secondary N) is 1. The molecule has 0 spiro atoms. The van der Waals surface area contributed by atoms with Gasteiger partial charge in [-0.2, -0.15) is 10.1 Å². The van der Waals surface area contributed by atoms with Gasteiger partial charge in [0.15, 0.2) is 0 Å². The molecule has 88 valence electrons. The van der Waals surface area contributed by atoms with Crippen molar-refractivity contribution in [3.05, 3.63) is 47.1 Å². The number of anilines is 1. The van der Waals surface area contributed by atoms with Crippen molar-refractivity contribution >= 4 is 17.4 Å². The van der Waals surface area contributed by atoms with E-state index in [1.807, 2.05) is 6.92 Å². The fourth-order valence-corrected chi connectivity index (χ4v) is 1.54. The van der Waals surface area contributed by atoms with E-state index < -0.39 is 0 Å². The van der Waals surface area contributed by atoms with Gasteiger partial charge in [0, 0.05) is 6.04 Å². The molecule has 0 aliphatic rings. The van der Waals surface area contributed by atoms with Gasteiger partial charge in [0.2, 0.25) is 5.28 Å². The molecule has 1 aromatic carbocycles. The molecule has 1 heterocycles. The van der Waals surface area contributed by atoms with Gasteiger partial charge in [-0.1, -0.05) is 12.1 Å². The molecule has 1 unspecified atom stereocenters. The molecule has 17 heavy (non-hydrogen) atoms. The first-order chi connectivity index (χ1) is 8.15. The molecule has 2 aromatic rings. The normalized spacial score (nSPS) is 12.2. The SMILES string of the molecule is CC(Nc1cnnc(Cl)n1)c1ccc(F)cc1. The highest BCUT2D eigenvalue weighted by Crippen LogP contribution is 2.17. The van der Waals surface area contributed by atoms with Gasteiger partial charge >= 0.3 is 0 Å². The fourth-order valence-electron chi connectivity index (χ4n) is 1.41. The average Bonchev–Trinajstić information content (AvgIpc) is 2.29. The second-order valence-electron chi connectivity index (χ2n) is 3.53. The van der Waals surface area contributed by atoms with Gasteiger partial charge in [-0.25, -0.2) is 4.39 Å². The molecule has 0 radical (unpaired) electrons. The molecule has 6 heteroatoms. The summed E-state index contributed by atoms with van der Waals surface area (Å²) in [7, 11) is 0. The van der Waals surface area contributed by atoms with E-state index in [0.717, 1.165) is 5.56 Å². The highest BCUT2D eigenvalue weighted by Gasteiger charge is 2.06. The number of halogens is 2. The monoisotopic (exact) mass is 252 g/mol. The van der Waals surface area contributed by atoms with Crippen LogP contribution in [0.1, 0.15) is 18.5 Å². The summed E-state index contributed by atoms with van der Waals surface area (Å²) in [6, 6.07) is 6.23. The first kappa shape index (κ1) is 11.7. The number of nitrogens with zero attached hydrogens (tertiary/aromatic N) is 3. The Morgan fingerprint density at radius 1 is 1.29 bits per heavy atom. The molecule has 0 amide bonds. The fraction of sp³-hybridized carbons (Fsp3) is 0.182. The maximum atomic E-state index is 12.8. The third-order valence-corrected chi connectivity index (χ3v) is 2.43. The molecule has 4 nitrogen and oxygen atoms in total. The van der Waals surface area contributed by atoms with Gasteiger partial charge in [0.1, 0.15) is 11.6 Å². The van der Waals surface area contributed by atoms with Crippen molar-refractivity contribution in [2.45, 2.75) is 13.0 Å². The Hall–Kier alpha value is -1.75. The van der Waals surface area contributed by atoms with Crippen LogP contribution in [-0.2, 0) is 0 Å². The summed E-state index contributed by atoms with van der Waals surface area (Å²) < 4.78 is 12.8. The number of aromatic nitrogens is 3. The zero-order valence-electron chi connectivity index (χ0n) is 9.06. The average molecular weight is 253 g/mol. The topological polar surface area (TPSA) is 50.7 Å². The molecule has 0 bridgehead atoms. The van der Waals surface area contributed by atoms with Gasteiger partial charge in [-0.05, 0) is 36.2 Å². The Balaban J connectivity index is 2.11. The quantitative estimate of drug-likeness (QED) is 0.913. The molecule has 0 saturated heterocycles. The highest BCUT2D eigenvalue weighted by molar-refractivity contribution is 6.28. The van der Waals surface area contributed by atoms with Crippen molar-refractivity contribution in [2.75, 3.05) is 5.32 Å². The van der Waals surface area contributed by atoms with E-state index in [-0.39, 0.29) is 17.1 Å². The van der Waals surface area contributed by atoms with Crippen LogP contribution < -0.4 is 5.32 Å². The zero-order valence-corrected chi connectivity index (χ0v) is 9.82. The summed E-state index contributed by atoms with van der Waals surface area (Å²) in [5, 5.41) is 10.4. The standard InChI is InChI=1S/C11H10ClFN4/c1-7(8-2-4-9(13)5-3-8)15-10-6-14-17-11(12)16-10/h2-7H,1H3,(H,15,16,17). The minimum atomic E-state index is -0.257. The van der Waals surface area contributed by atoms with Crippen LogP contribution in [0.25, 0.3) is 0 Å². The van der Waals surface area contributed by atoms with E-state index in [0.29, 0.717) is 5.82 Å². The lowest BCUT2D eigenvalue weighted by Gasteiger charge is -2.14. The summed E-state index contributed by atoms with van der Waals surface area (Å²) in [6.45, 7) is 1.93. The molecule has 1 N–H and O–H groups in total. The third-order valence-electron chi connectivity index (χ3n) is 2.27. The molecule has 0 saturated carbocycles. The van der Waals surface area contributed by atoms with Gasteiger partial charge in [0.25, 0.3) is 0 Å². The molecule has 0 fully saturated rings. The Labute approximate surface area is 103 Å². The van der Waals surface area contributed by atoms with Crippen LogP contribution in [0.2, 0.25) is 5.28 Å². The van der Waals surface area contributed by atoms with Crippen LogP contribution >= 0.6 is 11.6 Å². The van der Waals surface area contributed by atoms with Crippen LogP contribution in [0, 0.1) is 5.82 Å². The van der Waals surface area contributed by atoms with Crippen LogP contribution in [0.4, 0.5) is 10.2 Å². The lowest BCUT2D eigenvalue weighted by Crippen LogP contribution is -2.08. The van der Waals surface area contributed by atoms with Gasteiger partial charge in [0.05, 0.1) is 6.20 Å². The molecular formula is C11H10ClFN4. The number of hydrogen-bond donors (Lipinski definition) is 1. The lowest BCUT2D eigenvalue weighted by atomic mass is 10.1. The van der Waals surface area contributed by atoms with Crippen LogP contribution in [0.15, 0.2) is 30.5 Å². The van der Waals surface area contributed by atoms with Crippen molar-refractivity contribution in [3.8, 4) is 0 Å². The van der Waals surface area contributed by atoms with Gasteiger partial charge in [-0.15, -0.1) is 5.10 Å². The Kier molecular flexibility index (Phi) is 3.49. The lowest BCUT2D eigenvalue weighted by molar-refractivity contribution is 0.626. The molecule has 0 aliphatic heterocycles. The van der Waals surface area contributed by atoms with Crippen LogP contribution in [0.5, 0.6) is 0 Å². The van der Waals surface area contributed by atoms with E-state index in [4.69, 9.17) is 11.6 Å². The second kappa shape index (κ2) is 5.05. The molecule has 2 rings (SSSR count). The summed E-state index contributed by atoms with van der Waals surface area (Å²) in [4.78, 5) is 3.96. The Bertz CT molecular complexity index is 503. The molecule has 0 aliphatic carbocycles. The summed E-state index contributed by atoms with van der Waals surface area (Å²) in [5.74, 6) is 0.273. The van der Waals surface area contributed by atoms with E-state index in [1.54, 1.807) is 12.1 Å². The van der Waals surface area contributed by atoms with Gasteiger partial charge in [-0.3, -0.25) is 0 Å². The summed E-state index contributed by atoms with van der Waals surface area (Å²) in [6.07, 6.45) is 1.48. The maximum Gasteiger partial charge on any atom is 0.244 e. The number of benzene rings is 1. The molecule has 1 atom stereocenters. The van der Waals surface area contributed by atoms with Gasteiger partial charge < -0.3 is 5.32 Å². The molecular weight excluding hydrogens is 243 g/mol. The van der Waals surface area contributed by atoms with Crippen molar-refractivity contribution in [1.82, 2.24) is 15.2 Å². The van der Waals surface area contributed by atoms with Crippen molar-refractivity contribution in [2.24, 2.45) is 0 Å². The van der Waals surface area contributed by atoms with E-state index >= 15 is 0 Å². The van der Waals surface area contributed by atoms with Crippen molar-refractivity contribution in [3.63, 3.8) is 0 Å².